The van der Waals surface area contributed by atoms with Gasteiger partial charge in [-0.2, -0.15) is 0 Å². The van der Waals surface area contributed by atoms with Crippen LogP contribution in [0.5, 0.6) is 0 Å². The van der Waals surface area contributed by atoms with Crippen LogP contribution in [0.1, 0.15) is 12.5 Å². The maximum atomic E-state index is 12.6. The Morgan fingerprint density at radius 1 is 1.43 bits per heavy atom. The van der Waals surface area contributed by atoms with Crippen LogP contribution in [0.2, 0.25) is 0 Å². The Bertz CT molecular complexity index is 336. The molecule has 0 bridgehead atoms. The Balaban J connectivity index is 3.13. The normalized spacial score (nSPS) is 14.8. The summed E-state index contributed by atoms with van der Waals surface area (Å²) in [5, 5.41) is 11.7. The Labute approximate surface area is 81.6 Å². The molecule has 0 saturated carbocycles. The second-order valence-electron chi connectivity index (χ2n) is 3.19. The van der Waals surface area contributed by atoms with Crippen LogP contribution < -0.4 is 5.32 Å². The predicted molar refractivity (Wildman–Crippen MR) is 50.4 cm³/mol. The molecule has 1 unspecified atom stereocenters. The molecule has 4 heteroatoms. The van der Waals surface area contributed by atoms with Crippen LogP contribution in [0.15, 0.2) is 24.3 Å². The molecule has 0 amide bonds. The fourth-order valence-corrected chi connectivity index (χ4v) is 1.16. The number of rotatable bonds is 3. The highest BCUT2D eigenvalue weighted by molar-refractivity contribution is 5.80. The molecule has 0 spiro atoms. The number of carboxylic acids is 1. The molecule has 0 heterocycles. The van der Waals surface area contributed by atoms with Gasteiger partial charge >= 0.3 is 5.97 Å². The van der Waals surface area contributed by atoms with E-state index in [1.165, 1.54) is 31.2 Å². The van der Waals surface area contributed by atoms with Crippen LogP contribution >= 0.6 is 0 Å². The minimum atomic E-state index is -1.17. The van der Waals surface area contributed by atoms with Crippen molar-refractivity contribution >= 4 is 5.97 Å². The van der Waals surface area contributed by atoms with E-state index in [0.29, 0.717) is 5.56 Å². The van der Waals surface area contributed by atoms with Crippen LogP contribution in [0.3, 0.4) is 0 Å². The highest BCUT2D eigenvalue weighted by atomic mass is 19.1. The van der Waals surface area contributed by atoms with Crippen molar-refractivity contribution in [3.8, 4) is 0 Å². The van der Waals surface area contributed by atoms with E-state index in [4.69, 9.17) is 5.11 Å². The van der Waals surface area contributed by atoms with E-state index < -0.39 is 11.5 Å². The van der Waals surface area contributed by atoms with Crippen molar-refractivity contribution in [2.24, 2.45) is 0 Å². The van der Waals surface area contributed by atoms with Gasteiger partial charge in [-0.15, -0.1) is 0 Å². The smallest absolute Gasteiger partial charge is 0.328 e. The molecule has 0 fully saturated rings. The molecule has 3 nitrogen and oxygen atoms in total. The monoisotopic (exact) mass is 197 g/mol. The van der Waals surface area contributed by atoms with Crippen molar-refractivity contribution in [2.75, 3.05) is 7.05 Å². The number of hydrogen-bond donors (Lipinski definition) is 2. The molecule has 0 saturated heterocycles. The van der Waals surface area contributed by atoms with Crippen LogP contribution in [-0.2, 0) is 10.3 Å². The number of benzene rings is 1. The standard InChI is InChI=1S/C10H12FNO2/c1-10(12-2,9(13)14)7-3-5-8(11)6-4-7/h3-6,12H,1-2H3,(H,13,14). The number of carbonyl (C=O) groups is 1. The average Bonchev–Trinajstić information content (AvgIpc) is 2.17. The zero-order valence-corrected chi connectivity index (χ0v) is 8.04. The lowest BCUT2D eigenvalue weighted by atomic mass is 9.92. The lowest BCUT2D eigenvalue weighted by molar-refractivity contribution is -0.144. The molecular weight excluding hydrogens is 185 g/mol. The van der Waals surface area contributed by atoms with Gasteiger partial charge in [0.15, 0.2) is 0 Å². The molecule has 14 heavy (non-hydrogen) atoms. The fourth-order valence-electron chi connectivity index (χ4n) is 1.16. The largest absolute Gasteiger partial charge is 0.480 e. The highest BCUT2D eigenvalue weighted by Crippen LogP contribution is 2.20. The third-order valence-corrected chi connectivity index (χ3v) is 2.35. The third-order valence-electron chi connectivity index (χ3n) is 2.35. The van der Waals surface area contributed by atoms with Crippen molar-refractivity contribution in [3.05, 3.63) is 35.6 Å². The zero-order valence-electron chi connectivity index (χ0n) is 8.04. The SMILES string of the molecule is CNC(C)(C(=O)O)c1ccc(F)cc1. The number of likely N-dealkylation sites (N-methyl/N-ethyl adjacent to an activating group) is 1. The number of aliphatic carboxylic acids is 1. The molecule has 2 N–H and O–H groups in total. The second-order valence-corrected chi connectivity index (χ2v) is 3.19. The third kappa shape index (κ3) is 1.75. The van der Waals surface area contributed by atoms with Gasteiger partial charge < -0.3 is 10.4 Å². The minimum Gasteiger partial charge on any atom is -0.480 e. The summed E-state index contributed by atoms with van der Waals surface area (Å²) < 4.78 is 12.6. The zero-order chi connectivity index (χ0) is 10.8. The summed E-state index contributed by atoms with van der Waals surface area (Å²) in [7, 11) is 1.55. The molecule has 0 radical (unpaired) electrons. The quantitative estimate of drug-likeness (QED) is 0.768. The van der Waals surface area contributed by atoms with Crippen molar-refractivity contribution in [1.29, 1.82) is 0 Å². The van der Waals surface area contributed by atoms with E-state index in [1.807, 2.05) is 0 Å². The Morgan fingerprint density at radius 2 is 1.93 bits per heavy atom. The second kappa shape index (κ2) is 3.75. The first-order valence-electron chi connectivity index (χ1n) is 4.19. The first-order chi connectivity index (χ1) is 6.50. The predicted octanol–water partition coefficient (Wildman–Crippen LogP) is 1.34. The average molecular weight is 197 g/mol. The van der Waals surface area contributed by atoms with Gasteiger partial charge in [-0.05, 0) is 31.7 Å². The first-order valence-corrected chi connectivity index (χ1v) is 4.19. The van der Waals surface area contributed by atoms with E-state index in [-0.39, 0.29) is 5.82 Å². The van der Waals surface area contributed by atoms with Crippen molar-refractivity contribution < 1.29 is 14.3 Å². The van der Waals surface area contributed by atoms with Crippen LogP contribution in [0, 0.1) is 5.82 Å². The molecule has 0 aromatic heterocycles. The summed E-state index contributed by atoms with van der Waals surface area (Å²) in [5.74, 6) is -1.37. The maximum Gasteiger partial charge on any atom is 0.328 e. The summed E-state index contributed by atoms with van der Waals surface area (Å²) >= 11 is 0. The molecule has 1 atom stereocenters. The topological polar surface area (TPSA) is 49.3 Å². The van der Waals surface area contributed by atoms with Crippen molar-refractivity contribution in [1.82, 2.24) is 5.32 Å². The number of nitrogens with one attached hydrogen (secondary N) is 1. The first kappa shape index (κ1) is 10.7. The van der Waals surface area contributed by atoms with Crippen molar-refractivity contribution in [3.63, 3.8) is 0 Å². The molecular formula is C10H12FNO2. The van der Waals surface area contributed by atoms with Gasteiger partial charge in [-0.1, -0.05) is 12.1 Å². The van der Waals surface area contributed by atoms with Gasteiger partial charge in [0, 0.05) is 0 Å². The van der Waals surface area contributed by atoms with Gasteiger partial charge in [-0.3, -0.25) is 0 Å². The molecule has 76 valence electrons. The summed E-state index contributed by atoms with van der Waals surface area (Å²) in [6.45, 7) is 1.53. The number of carboxylic acid groups (broad SMARTS) is 1. The molecule has 0 aliphatic heterocycles. The Morgan fingerprint density at radius 3 is 2.29 bits per heavy atom. The maximum absolute atomic E-state index is 12.6. The van der Waals surface area contributed by atoms with Gasteiger partial charge in [0.25, 0.3) is 0 Å². The van der Waals surface area contributed by atoms with Crippen LogP contribution in [-0.4, -0.2) is 18.1 Å². The summed E-state index contributed by atoms with van der Waals surface area (Å²) in [6, 6.07) is 5.40. The summed E-state index contributed by atoms with van der Waals surface area (Å²) in [4.78, 5) is 11.0. The lowest BCUT2D eigenvalue weighted by Gasteiger charge is -2.24. The van der Waals surface area contributed by atoms with Crippen LogP contribution in [0.4, 0.5) is 4.39 Å². The van der Waals surface area contributed by atoms with Gasteiger partial charge in [0.1, 0.15) is 11.4 Å². The van der Waals surface area contributed by atoms with E-state index in [2.05, 4.69) is 5.32 Å². The Kier molecular flexibility index (Phi) is 2.86. The van der Waals surface area contributed by atoms with E-state index in [9.17, 15) is 9.18 Å². The van der Waals surface area contributed by atoms with Gasteiger partial charge in [0.05, 0.1) is 0 Å². The van der Waals surface area contributed by atoms with E-state index in [0.717, 1.165) is 0 Å². The van der Waals surface area contributed by atoms with E-state index in [1.54, 1.807) is 7.05 Å². The van der Waals surface area contributed by atoms with Crippen molar-refractivity contribution in [2.45, 2.75) is 12.5 Å². The minimum absolute atomic E-state index is 0.377. The van der Waals surface area contributed by atoms with Gasteiger partial charge in [0.2, 0.25) is 0 Å². The fraction of sp³-hybridized carbons (Fsp3) is 0.300. The number of halogens is 1. The molecule has 0 aliphatic rings. The highest BCUT2D eigenvalue weighted by Gasteiger charge is 2.32. The van der Waals surface area contributed by atoms with E-state index >= 15 is 0 Å². The number of hydrogen-bond acceptors (Lipinski definition) is 2. The van der Waals surface area contributed by atoms with Gasteiger partial charge in [-0.25, -0.2) is 9.18 Å². The van der Waals surface area contributed by atoms with Crippen LogP contribution in [0.25, 0.3) is 0 Å². The summed E-state index contributed by atoms with van der Waals surface area (Å²) in [5.41, 5.74) is -0.651. The Hall–Kier alpha value is -1.42. The molecule has 1 aromatic rings. The molecule has 1 aromatic carbocycles. The lowest BCUT2D eigenvalue weighted by Crippen LogP contribution is -2.44. The molecule has 1 rings (SSSR count). The molecule has 0 aliphatic carbocycles. The summed E-state index contributed by atoms with van der Waals surface area (Å²) in [6.07, 6.45) is 0.